The van der Waals surface area contributed by atoms with Crippen LogP contribution in [0.2, 0.25) is 0 Å². The van der Waals surface area contributed by atoms with Crippen molar-refractivity contribution in [2.75, 3.05) is 13.1 Å². The van der Waals surface area contributed by atoms with Crippen LogP contribution in [0, 0.1) is 0 Å². The second kappa shape index (κ2) is 7.50. The molecule has 3 aromatic heterocycles. The van der Waals surface area contributed by atoms with Crippen molar-refractivity contribution in [1.29, 1.82) is 0 Å². The van der Waals surface area contributed by atoms with Crippen molar-refractivity contribution in [2.24, 2.45) is 0 Å². The minimum atomic E-state index is 0.160. The summed E-state index contributed by atoms with van der Waals surface area (Å²) in [5.41, 5.74) is 3.04. The summed E-state index contributed by atoms with van der Waals surface area (Å²) in [5.74, 6) is 1.12. The van der Waals surface area contributed by atoms with E-state index in [1.54, 1.807) is 24.9 Å². The predicted molar refractivity (Wildman–Crippen MR) is 110 cm³/mol. The van der Waals surface area contributed by atoms with E-state index in [4.69, 9.17) is 0 Å². The monoisotopic (exact) mass is 386 g/mol. The number of imidazole rings is 1. The second-order valence-electron chi connectivity index (χ2n) is 7.45. The number of aromatic nitrogens is 5. The van der Waals surface area contributed by atoms with Gasteiger partial charge in [-0.15, -0.1) is 0 Å². The van der Waals surface area contributed by atoms with Crippen molar-refractivity contribution in [3.05, 3.63) is 72.8 Å². The van der Waals surface area contributed by atoms with Crippen LogP contribution < -0.4 is 0 Å². The lowest BCUT2D eigenvalue weighted by Gasteiger charge is -2.33. The topological polar surface area (TPSA) is 79.7 Å². The molecule has 146 valence electrons. The Bertz CT molecular complexity index is 1130. The fourth-order valence-corrected chi connectivity index (χ4v) is 4.19. The first-order valence-corrected chi connectivity index (χ1v) is 9.91. The van der Waals surface area contributed by atoms with Crippen LogP contribution in [0.4, 0.5) is 0 Å². The normalized spacial score (nSPS) is 17.0. The molecule has 4 aromatic rings. The number of amides is 1. The maximum absolute atomic E-state index is 13.1. The number of aromatic amines is 1. The van der Waals surface area contributed by atoms with Crippen LogP contribution in [0.25, 0.3) is 16.7 Å². The van der Waals surface area contributed by atoms with Gasteiger partial charge in [0.1, 0.15) is 6.33 Å². The Morgan fingerprint density at radius 1 is 1.17 bits per heavy atom. The molecule has 7 heteroatoms. The number of benzene rings is 1. The van der Waals surface area contributed by atoms with Crippen LogP contribution in [-0.4, -0.2) is 48.4 Å². The predicted octanol–water partition coefficient (Wildman–Crippen LogP) is 3.09. The molecule has 7 nitrogen and oxygen atoms in total. The van der Waals surface area contributed by atoms with Crippen molar-refractivity contribution in [1.82, 2.24) is 29.4 Å². The van der Waals surface area contributed by atoms with Gasteiger partial charge in [0.2, 0.25) is 5.91 Å². The summed E-state index contributed by atoms with van der Waals surface area (Å²) >= 11 is 0. The summed E-state index contributed by atoms with van der Waals surface area (Å²) in [6.45, 7) is 1.46. The molecule has 1 atom stereocenters. The molecule has 0 saturated carbocycles. The number of rotatable bonds is 4. The van der Waals surface area contributed by atoms with E-state index in [0.717, 1.165) is 47.4 Å². The van der Waals surface area contributed by atoms with E-state index >= 15 is 0 Å². The van der Waals surface area contributed by atoms with Crippen molar-refractivity contribution in [3.63, 3.8) is 0 Å². The Hall–Kier alpha value is -3.48. The van der Waals surface area contributed by atoms with Crippen LogP contribution in [0.1, 0.15) is 30.0 Å². The van der Waals surface area contributed by atoms with Crippen molar-refractivity contribution in [3.8, 4) is 5.82 Å². The third-order valence-corrected chi connectivity index (χ3v) is 5.63. The highest BCUT2D eigenvalue weighted by Gasteiger charge is 2.28. The minimum Gasteiger partial charge on any atom is -0.361 e. The average molecular weight is 386 g/mol. The number of para-hydroxylation sites is 1. The summed E-state index contributed by atoms with van der Waals surface area (Å²) in [4.78, 5) is 31.5. The first-order valence-electron chi connectivity index (χ1n) is 9.91. The second-order valence-corrected chi connectivity index (χ2v) is 7.45. The number of likely N-dealkylation sites (tertiary alicyclic amines) is 1. The molecule has 29 heavy (non-hydrogen) atoms. The van der Waals surface area contributed by atoms with E-state index in [0.29, 0.717) is 13.0 Å². The van der Waals surface area contributed by atoms with Gasteiger partial charge in [0.25, 0.3) is 0 Å². The number of hydrogen-bond donors (Lipinski definition) is 1. The van der Waals surface area contributed by atoms with Gasteiger partial charge in [-0.3, -0.25) is 14.3 Å². The van der Waals surface area contributed by atoms with Gasteiger partial charge < -0.3 is 9.88 Å². The third-order valence-electron chi connectivity index (χ3n) is 5.63. The van der Waals surface area contributed by atoms with Crippen molar-refractivity contribution >= 4 is 16.8 Å². The number of nitrogens with one attached hydrogen (secondary N) is 1. The van der Waals surface area contributed by atoms with Gasteiger partial charge in [-0.05, 0) is 24.5 Å². The molecule has 1 aliphatic rings. The van der Waals surface area contributed by atoms with Gasteiger partial charge in [0.05, 0.1) is 12.1 Å². The molecule has 1 fully saturated rings. The summed E-state index contributed by atoms with van der Waals surface area (Å²) in [5, 5.41) is 1.12. The van der Waals surface area contributed by atoms with Gasteiger partial charge in [0, 0.05) is 60.9 Å². The van der Waals surface area contributed by atoms with E-state index in [2.05, 4.69) is 26.0 Å². The molecular formula is C22H22N6O. The molecule has 1 N–H and O–H groups in total. The molecular weight excluding hydrogens is 364 g/mol. The molecule has 1 amide bonds. The summed E-state index contributed by atoms with van der Waals surface area (Å²) < 4.78 is 1.88. The molecule has 1 saturated heterocycles. The summed E-state index contributed by atoms with van der Waals surface area (Å²) in [6.07, 6.45) is 13.1. The molecule has 4 heterocycles. The third kappa shape index (κ3) is 3.40. The highest BCUT2D eigenvalue weighted by molar-refractivity contribution is 5.88. The Morgan fingerprint density at radius 3 is 2.97 bits per heavy atom. The Labute approximate surface area is 168 Å². The first-order chi connectivity index (χ1) is 14.3. The number of carbonyl (C=O) groups excluding carboxylic acids is 1. The number of H-pyrrole nitrogens is 1. The van der Waals surface area contributed by atoms with Crippen LogP contribution in [0.3, 0.4) is 0 Å². The standard InChI is InChI=1S/C22H22N6O/c29-20(12-17-13-26-19-6-2-1-5-18(17)19)27-10-3-4-16(14-27)21-22(25-8-7-24-21)28-11-9-23-15-28/h1-2,5-9,11,13,15-16,26H,3-4,10,12,14H2/t16-/m0/s1. The average Bonchev–Trinajstić information content (AvgIpc) is 3.45. The zero-order valence-electron chi connectivity index (χ0n) is 16.0. The van der Waals surface area contributed by atoms with Crippen LogP contribution in [0.15, 0.2) is 61.6 Å². The maximum atomic E-state index is 13.1. The molecule has 0 unspecified atom stereocenters. The van der Waals surface area contributed by atoms with Crippen molar-refractivity contribution in [2.45, 2.75) is 25.2 Å². The quantitative estimate of drug-likeness (QED) is 0.584. The lowest BCUT2D eigenvalue weighted by Crippen LogP contribution is -2.40. The molecule has 0 radical (unpaired) electrons. The number of piperidine rings is 1. The van der Waals surface area contributed by atoms with Gasteiger partial charge >= 0.3 is 0 Å². The van der Waals surface area contributed by atoms with Gasteiger partial charge in [-0.1, -0.05) is 18.2 Å². The Morgan fingerprint density at radius 2 is 2.07 bits per heavy atom. The molecule has 0 aliphatic carbocycles. The first kappa shape index (κ1) is 17.6. The zero-order chi connectivity index (χ0) is 19.6. The fourth-order valence-electron chi connectivity index (χ4n) is 4.19. The van der Waals surface area contributed by atoms with Crippen LogP contribution in [-0.2, 0) is 11.2 Å². The van der Waals surface area contributed by atoms with Crippen LogP contribution >= 0.6 is 0 Å². The molecule has 5 rings (SSSR count). The van der Waals surface area contributed by atoms with Gasteiger partial charge in [-0.25, -0.2) is 9.97 Å². The number of nitrogens with zero attached hydrogens (tertiary/aromatic N) is 5. The maximum Gasteiger partial charge on any atom is 0.227 e. The largest absolute Gasteiger partial charge is 0.361 e. The summed E-state index contributed by atoms with van der Waals surface area (Å²) in [7, 11) is 0. The highest BCUT2D eigenvalue weighted by atomic mass is 16.2. The fraction of sp³-hybridized carbons (Fsp3) is 0.273. The SMILES string of the molecule is O=C(Cc1c[nH]c2ccccc12)N1CCC[C@H](c2nccnc2-n2ccnc2)C1. The number of carbonyl (C=O) groups is 1. The lowest BCUT2D eigenvalue weighted by molar-refractivity contribution is -0.131. The number of fused-ring (bicyclic) bond motifs is 1. The molecule has 1 aromatic carbocycles. The van der Waals surface area contributed by atoms with E-state index < -0.39 is 0 Å². The Balaban J connectivity index is 1.36. The van der Waals surface area contributed by atoms with Gasteiger partial charge in [0.15, 0.2) is 5.82 Å². The van der Waals surface area contributed by atoms with Gasteiger partial charge in [-0.2, -0.15) is 0 Å². The minimum absolute atomic E-state index is 0.160. The zero-order valence-corrected chi connectivity index (χ0v) is 16.0. The van der Waals surface area contributed by atoms with E-state index in [9.17, 15) is 4.79 Å². The summed E-state index contributed by atoms with van der Waals surface area (Å²) in [6, 6.07) is 8.10. The molecule has 0 bridgehead atoms. The van der Waals surface area contributed by atoms with Crippen molar-refractivity contribution < 1.29 is 4.79 Å². The van der Waals surface area contributed by atoms with E-state index in [1.165, 1.54) is 0 Å². The van der Waals surface area contributed by atoms with E-state index in [-0.39, 0.29) is 11.8 Å². The molecule has 0 spiro atoms. The number of hydrogen-bond acceptors (Lipinski definition) is 4. The smallest absolute Gasteiger partial charge is 0.227 e. The highest BCUT2D eigenvalue weighted by Crippen LogP contribution is 2.29. The molecule has 1 aliphatic heterocycles. The van der Waals surface area contributed by atoms with Crippen LogP contribution in [0.5, 0.6) is 0 Å². The Kier molecular flexibility index (Phi) is 4.56. The van der Waals surface area contributed by atoms with E-state index in [1.807, 2.05) is 40.1 Å². The lowest BCUT2D eigenvalue weighted by atomic mass is 9.93.